The van der Waals surface area contributed by atoms with Crippen LogP contribution in [0.4, 0.5) is 0 Å². The van der Waals surface area contributed by atoms with Crippen LogP contribution < -0.4 is 11.2 Å². The number of amides is 1. The second-order valence-electron chi connectivity index (χ2n) is 6.19. The number of nitrogens with two attached hydrogens (primary N) is 1. The summed E-state index contributed by atoms with van der Waals surface area (Å²) in [6, 6.07) is 8.87. The first-order valence-electron chi connectivity index (χ1n) is 8.09. The van der Waals surface area contributed by atoms with Crippen molar-refractivity contribution in [3.63, 3.8) is 0 Å². The summed E-state index contributed by atoms with van der Waals surface area (Å²) in [6.07, 6.45) is 3.27. The summed E-state index contributed by atoms with van der Waals surface area (Å²) >= 11 is 0. The molecule has 0 spiro atoms. The summed E-state index contributed by atoms with van der Waals surface area (Å²) in [4.78, 5) is 12.6. The quantitative estimate of drug-likeness (QED) is 0.164. The summed E-state index contributed by atoms with van der Waals surface area (Å²) in [7, 11) is 0. The number of unbranched alkanes of at least 4 members (excludes halogenated alkanes) is 2. The largest absolute Gasteiger partial charge is 0.382 e. The molecular formula is C17H30N3O2+. The Hall–Kier alpha value is -1.27. The van der Waals surface area contributed by atoms with Crippen molar-refractivity contribution in [2.75, 3.05) is 6.54 Å². The monoisotopic (exact) mass is 308 g/mol. The summed E-state index contributed by atoms with van der Waals surface area (Å²) < 4.78 is -1.12. The molecule has 124 valence electrons. The van der Waals surface area contributed by atoms with Gasteiger partial charge in [-0.3, -0.25) is 0 Å². The fourth-order valence-electron chi connectivity index (χ4n) is 2.42. The average molecular weight is 308 g/mol. The molecule has 0 aliphatic carbocycles. The second-order valence-corrected chi connectivity index (χ2v) is 6.19. The molecule has 0 aromatic heterocycles. The number of hydrogen-bond acceptors (Lipinski definition) is 4. The predicted molar refractivity (Wildman–Crippen MR) is 87.5 cm³/mol. The molecule has 1 rings (SSSR count). The maximum absolute atomic E-state index is 12.6. The van der Waals surface area contributed by atoms with Gasteiger partial charge in [0.1, 0.15) is 6.04 Å². The van der Waals surface area contributed by atoms with Crippen molar-refractivity contribution >= 4 is 5.91 Å². The highest BCUT2D eigenvalue weighted by Gasteiger charge is 2.40. The normalized spacial score (nSPS) is 15.5. The highest BCUT2D eigenvalue weighted by molar-refractivity contribution is 5.74. The predicted octanol–water partition coefficient (Wildman–Crippen LogP) is 2.60. The molecule has 0 heterocycles. The van der Waals surface area contributed by atoms with Crippen molar-refractivity contribution in [2.45, 2.75) is 52.6 Å². The minimum Gasteiger partial charge on any atom is -0.302 e. The number of nitrogens with one attached hydrogen (secondary N) is 1. The number of hydrogen-bond donors (Lipinski definition) is 3. The van der Waals surface area contributed by atoms with E-state index in [1.807, 2.05) is 44.2 Å². The molecule has 0 bridgehead atoms. The summed E-state index contributed by atoms with van der Waals surface area (Å²) in [5.41, 5.74) is 0.828. The van der Waals surface area contributed by atoms with Gasteiger partial charge in [0, 0.05) is 5.56 Å². The highest BCUT2D eigenvalue weighted by atomic mass is 16.6. The first kappa shape index (κ1) is 18.8. The number of carbonyl (C=O) groups excluding carboxylic acids is 1. The molecule has 0 aliphatic rings. The Bertz CT molecular complexity index is 446. The molecule has 0 aliphatic heterocycles. The third-order valence-corrected chi connectivity index (χ3v) is 3.73. The van der Waals surface area contributed by atoms with Gasteiger partial charge < -0.3 is 5.32 Å². The molecule has 4 N–H and O–H groups in total. The Morgan fingerprint density at radius 3 is 2.45 bits per heavy atom. The Morgan fingerprint density at radius 1 is 1.27 bits per heavy atom. The molecule has 0 saturated heterocycles. The van der Waals surface area contributed by atoms with Crippen LogP contribution in [0.15, 0.2) is 30.3 Å². The number of carbonyl (C=O) groups is 1. The highest BCUT2D eigenvalue weighted by Crippen LogP contribution is 2.13. The Balaban J connectivity index is 2.70. The van der Waals surface area contributed by atoms with Crippen molar-refractivity contribution in [3.05, 3.63) is 35.9 Å². The molecular weight excluding hydrogens is 278 g/mol. The molecule has 5 nitrogen and oxygen atoms in total. The van der Waals surface area contributed by atoms with Crippen LogP contribution >= 0.6 is 0 Å². The third kappa shape index (κ3) is 5.85. The standard InChI is InChI=1S/C17H30N3O2/c1-4-5-9-12-19-16(14(2)3)17(21)20(18,22)13-15-10-7-6-8-11-15/h6-8,10-11,14,16,19,22H,4-5,9,12-13,18H2,1-3H3/q+1. The molecule has 0 radical (unpaired) electrons. The molecule has 2 unspecified atom stereocenters. The third-order valence-electron chi connectivity index (χ3n) is 3.73. The van der Waals surface area contributed by atoms with E-state index in [-0.39, 0.29) is 12.5 Å². The number of nitrogens with zero attached hydrogens (tertiary/aromatic N) is 1. The molecule has 2 atom stereocenters. The van der Waals surface area contributed by atoms with Crippen molar-refractivity contribution in [2.24, 2.45) is 11.8 Å². The van der Waals surface area contributed by atoms with E-state index in [2.05, 4.69) is 12.2 Å². The zero-order chi connectivity index (χ0) is 16.6. The van der Waals surface area contributed by atoms with E-state index in [0.717, 1.165) is 31.4 Å². The van der Waals surface area contributed by atoms with Crippen LogP contribution in [0, 0.1) is 5.92 Å². The molecule has 1 amide bonds. The van der Waals surface area contributed by atoms with Gasteiger partial charge >= 0.3 is 5.91 Å². The Morgan fingerprint density at radius 2 is 1.91 bits per heavy atom. The molecule has 22 heavy (non-hydrogen) atoms. The number of quaternary nitrogens is 1. The van der Waals surface area contributed by atoms with E-state index in [0.29, 0.717) is 0 Å². The lowest BCUT2D eigenvalue weighted by Gasteiger charge is -2.28. The Labute approximate surface area is 133 Å². The van der Waals surface area contributed by atoms with E-state index in [1.165, 1.54) is 0 Å². The lowest BCUT2D eigenvalue weighted by molar-refractivity contribution is -1.06. The van der Waals surface area contributed by atoms with E-state index in [1.54, 1.807) is 0 Å². The van der Waals surface area contributed by atoms with Gasteiger partial charge in [-0.15, -0.1) is 5.84 Å². The van der Waals surface area contributed by atoms with Gasteiger partial charge in [0.05, 0.1) is 0 Å². The number of rotatable bonds is 9. The maximum atomic E-state index is 12.6. The lowest BCUT2D eigenvalue weighted by atomic mass is 10.0. The van der Waals surface area contributed by atoms with Crippen LogP contribution in [0.5, 0.6) is 0 Å². The van der Waals surface area contributed by atoms with Gasteiger partial charge in [-0.25, -0.2) is 4.79 Å². The van der Waals surface area contributed by atoms with Gasteiger partial charge in [-0.1, -0.05) is 63.9 Å². The second kappa shape index (κ2) is 9.00. The smallest absolute Gasteiger partial charge is 0.302 e. The van der Waals surface area contributed by atoms with E-state index >= 15 is 0 Å². The van der Waals surface area contributed by atoms with Crippen molar-refractivity contribution in [3.8, 4) is 0 Å². The topological polar surface area (TPSA) is 75.4 Å². The van der Waals surface area contributed by atoms with Gasteiger partial charge in [0.25, 0.3) is 0 Å². The molecule has 1 aromatic carbocycles. The first-order chi connectivity index (χ1) is 10.4. The fourth-order valence-corrected chi connectivity index (χ4v) is 2.42. The van der Waals surface area contributed by atoms with E-state index < -0.39 is 16.7 Å². The fraction of sp³-hybridized carbons (Fsp3) is 0.588. The van der Waals surface area contributed by atoms with Gasteiger partial charge in [-0.2, -0.15) is 5.21 Å². The zero-order valence-electron chi connectivity index (χ0n) is 14.0. The van der Waals surface area contributed by atoms with Crippen molar-refractivity contribution in [1.82, 2.24) is 5.32 Å². The first-order valence-corrected chi connectivity index (χ1v) is 8.09. The van der Waals surface area contributed by atoms with Crippen LogP contribution in [0.1, 0.15) is 45.6 Å². The summed E-state index contributed by atoms with van der Waals surface area (Å²) in [6.45, 7) is 6.88. The average Bonchev–Trinajstić information content (AvgIpc) is 2.47. The van der Waals surface area contributed by atoms with E-state index in [4.69, 9.17) is 5.84 Å². The van der Waals surface area contributed by atoms with Crippen LogP contribution in [0.2, 0.25) is 0 Å². The summed E-state index contributed by atoms with van der Waals surface area (Å²) in [5.74, 6) is 5.54. The van der Waals surface area contributed by atoms with E-state index in [9.17, 15) is 10.0 Å². The van der Waals surface area contributed by atoms with Gasteiger partial charge in [-0.05, 0) is 23.6 Å². The van der Waals surface area contributed by atoms with Crippen LogP contribution in [-0.2, 0) is 11.3 Å². The van der Waals surface area contributed by atoms with Crippen LogP contribution in [0.3, 0.4) is 0 Å². The number of hydroxylamine groups is 2. The SMILES string of the molecule is CCCCCNC(C(=O)[N+](N)(O)Cc1ccccc1)C(C)C. The summed E-state index contributed by atoms with van der Waals surface area (Å²) in [5, 5.41) is 13.6. The minimum absolute atomic E-state index is 0.0677. The van der Waals surface area contributed by atoms with Crippen LogP contribution in [0.25, 0.3) is 0 Å². The van der Waals surface area contributed by atoms with Crippen LogP contribution in [-0.4, -0.2) is 28.5 Å². The van der Waals surface area contributed by atoms with Gasteiger partial charge in [0.15, 0.2) is 6.54 Å². The van der Waals surface area contributed by atoms with Gasteiger partial charge in [0.2, 0.25) is 0 Å². The number of benzene rings is 1. The zero-order valence-corrected chi connectivity index (χ0v) is 14.0. The van der Waals surface area contributed by atoms with Crippen molar-refractivity contribution < 1.29 is 14.8 Å². The maximum Gasteiger partial charge on any atom is 0.382 e. The molecule has 5 heteroatoms. The Kier molecular flexibility index (Phi) is 7.68. The molecule has 0 fully saturated rings. The van der Waals surface area contributed by atoms with Crippen molar-refractivity contribution in [1.29, 1.82) is 0 Å². The molecule has 1 aromatic rings. The molecule has 0 saturated carbocycles. The lowest BCUT2D eigenvalue weighted by Crippen LogP contribution is -2.62. The minimum atomic E-state index is -1.12.